The van der Waals surface area contributed by atoms with E-state index in [0.717, 1.165) is 38.5 Å². The summed E-state index contributed by atoms with van der Waals surface area (Å²) in [6.45, 7) is 7.03. The lowest BCUT2D eigenvalue weighted by Crippen LogP contribution is -2.49. The monoisotopic (exact) mass is 291 g/mol. The highest BCUT2D eigenvalue weighted by Gasteiger charge is 2.29. The number of likely N-dealkylation sites (tertiary alicyclic amines) is 1. The fraction of sp³-hybridized carbons (Fsp3) is 0.688. The number of amides is 1. The third kappa shape index (κ3) is 3.66. The zero-order chi connectivity index (χ0) is 14.7. The summed E-state index contributed by atoms with van der Waals surface area (Å²) < 4.78 is 5.43. The Bertz CT molecular complexity index is 452. The quantitative estimate of drug-likeness (QED) is 0.916. The number of rotatable bonds is 3. The van der Waals surface area contributed by atoms with Gasteiger partial charge in [0.2, 0.25) is 5.91 Å². The van der Waals surface area contributed by atoms with Crippen molar-refractivity contribution in [1.29, 1.82) is 0 Å². The van der Waals surface area contributed by atoms with Gasteiger partial charge < -0.3 is 9.73 Å². The van der Waals surface area contributed by atoms with E-state index >= 15 is 0 Å². The third-order valence-corrected chi connectivity index (χ3v) is 4.74. The Morgan fingerprint density at radius 1 is 1.33 bits per heavy atom. The van der Waals surface area contributed by atoms with Crippen molar-refractivity contribution >= 4 is 5.91 Å². The Morgan fingerprint density at radius 2 is 2.14 bits per heavy atom. The largest absolute Gasteiger partial charge is 0.468 e. The highest BCUT2D eigenvalue weighted by molar-refractivity contribution is 5.76. The molecule has 116 valence electrons. The lowest BCUT2D eigenvalue weighted by molar-refractivity contribution is -0.120. The second kappa shape index (κ2) is 6.62. The first-order chi connectivity index (χ1) is 10.2. The number of carbonyl (C=O) groups is 1. The molecule has 1 N–H and O–H groups in total. The van der Waals surface area contributed by atoms with Gasteiger partial charge in [-0.1, -0.05) is 0 Å². The van der Waals surface area contributed by atoms with Crippen LogP contribution in [0.25, 0.3) is 0 Å². The number of piperidine rings is 1. The molecule has 1 amide bonds. The summed E-state index contributed by atoms with van der Waals surface area (Å²) in [5.74, 6) is 1.24. The van der Waals surface area contributed by atoms with Gasteiger partial charge in [0, 0.05) is 44.7 Å². The molecule has 21 heavy (non-hydrogen) atoms. The minimum Gasteiger partial charge on any atom is -0.468 e. The predicted molar refractivity (Wildman–Crippen MR) is 80.8 cm³/mol. The highest BCUT2D eigenvalue weighted by atomic mass is 16.3. The molecule has 0 aliphatic carbocycles. The van der Waals surface area contributed by atoms with E-state index in [1.807, 2.05) is 12.1 Å². The lowest BCUT2D eigenvalue weighted by atomic mass is 10.0. The lowest BCUT2D eigenvalue weighted by Gasteiger charge is -2.40. The van der Waals surface area contributed by atoms with Gasteiger partial charge in [-0.25, -0.2) is 0 Å². The molecular formula is C16H25N3O2. The van der Waals surface area contributed by atoms with E-state index in [4.69, 9.17) is 4.42 Å². The van der Waals surface area contributed by atoms with Crippen LogP contribution in [0.2, 0.25) is 0 Å². The van der Waals surface area contributed by atoms with Crippen molar-refractivity contribution < 1.29 is 9.21 Å². The molecule has 5 nitrogen and oxygen atoms in total. The minimum absolute atomic E-state index is 0.194. The van der Waals surface area contributed by atoms with Gasteiger partial charge in [-0.3, -0.25) is 14.6 Å². The number of furan rings is 1. The second-order valence-electron chi connectivity index (χ2n) is 6.23. The van der Waals surface area contributed by atoms with Crippen molar-refractivity contribution in [3.63, 3.8) is 0 Å². The molecule has 1 atom stereocenters. The van der Waals surface area contributed by atoms with Crippen LogP contribution < -0.4 is 5.32 Å². The molecule has 0 bridgehead atoms. The van der Waals surface area contributed by atoms with Crippen LogP contribution in [0.15, 0.2) is 22.8 Å². The van der Waals surface area contributed by atoms with Gasteiger partial charge in [-0.05, 0) is 31.9 Å². The summed E-state index contributed by atoms with van der Waals surface area (Å²) in [4.78, 5) is 16.5. The van der Waals surface area contributed by atoms with Gasteiger partial charge in [0.25, 0.3) is 0 Å². The van der Waals surface area contributed by atoms with Gasteiger partial charge >= 0.3 is 0 Å². The van der Waals surface area contributed by atoms with Crippen LogP contribution in [0.1, 0.15) is 31.9 Å². The van der Waals surface area contributed by atoms with Crippen LogP contribution >= 0.6 is 0 Å². The average molecular weight is 291 g/mol. The molecule has 0 radical (unpaired) electrons. The topological polar surface area (TPSA) is 48.7 Å². The first-order valence-electron chi connectivity index (χ1n) is 7.99. The van der Waals surface area contributed by atoms with Gasteiger partial charge in [0.1, 0.15) is 5.76 Å². The van der Waals surface area contributed by atoms with Gasteiger partial charge in [0.15, 0.2) is 0 Å². The molecule has 2 fully saturated rings. The average Bonchev–Trinajstić information content (AvgIpc) is 2.93. The van der Waals surface area contributed by atoms with E-state index in [9.17, 15) is 4.79 Å². The Morgan fingerprint density at radius 3 is 2.86 bits per heavy atom. The number of hydrogen-bond acceptors (Lipinski definition) is 4. The summed E-state index contributed by atoms with van der Waals surface area (Å²) in [7, 11) is 0. The maximum atomic E-state index is 11.5. The zero-order valence-electron chi connectivity index (χ0n) is 12.8. The van der Waals surface area contributed by atoms with E-state index in [-0.39, 0.29) is 5.91 Å². The van der Waals surface area contributed by atoms with Crippen molar-refractivity contribution in [2.45, 2.75) is 44.8 Å². The van der Waals surface area contributed by atoms with Crippen molar-refractivity contribution in [3.05, 3.63) is 24.2 Å². The molecule has 2 aliphatic rings. The molecule has 2 saturated heterocycles. The number of nitrogens with one attached hydrogen (secondary N) is 1. The third-order valence-electron chi connectivity index (χ3n) is 4.74. The van der Waals surface area contributed by atoms with E-state index in [0.29, 0.717) is 18.5 Å². The molecule has 0 saturated carbocycles. The molecule has 2 aliphatic heterocycles. The summed E-state index contributed by atoms with van der Waals surface area (Å²) in [5, 5.41) is 3.00. The Labute approximate surface area is 126 Å². The fourth-order valence-electron chi connectivity index (χ4n) is 3.49. The van der Waals surface area contributed by atoms with E-state index in [2.05, 4.69) is 22.0 Å². The van der Waals surface area contributed by atoms with E-state index in [1.165, 1.54) is 12.8 Å². The first kappa shape index (κ1) is 14.6. The van der Waals surface area contributed by atoms with Crippen molar-refractivity contribution in [1.82, 2.24) is 15.1 Å². The Balaban J connectivity index is 1.51. The molecule has 3 rings (SSSR count). The van der Waals surface area contributed by atoms with Gasteiger partial charge in [-0.15, -0.1) is 0 Å². The maximum absolute atomic E-state index is 11.5. The predicted octanol–water partition coefficient (Wildman–Crippen LogP) is 1.45. The summed E-state index contributed by atoms with van der Waals surface area (Å²) in [6.07, 6.45) is 4.74. The molecule has 5 heteroatoms. The van der Waals surface area contributed by atoms with Crippen molar-refractivity contribution in [3.8, 4) is 0 Å². The summed E-state index contributed by atoms with van der Waals surface area (Å²) in [5.41, 5.74) is 0. The summed E-state index contributed by atoms with van der Waals surface area (Å²) >= 11 is 0. The normalized spacial score (nSPS) is 26.5. The summed E-state index contributed by atoms with van der Waals surface area (Å²) in [6, 6.07) is 5.05. The second-order valence-corrected chi connectivity index (χ2v) is 6.23. The van der Waals surface area contributed by atoms with Gasteiger partial charge in [0.05, 0.1) is 12.8 Å². The zero-order valence-corrected chi connectivity index (χ0v) is 12.8. The Kier molecular flexibility index (Phi) is 4.60. The number of nitrogens with zero attached hydrogens (tertiary/aromatic N) is 2. The molecule has 3 heterocycles. The van der Waals surface area contributed by atoms with Crippen LogP contribution in [0, 0.1) is 0 Å². The SMILES string of the molecule is CC1CNC(=O)CCN1C1CCN(Cc2ccco2)CC1. The van der Waals surface area contributed by atoms with Crippen LogP contribution in [-0.2, 0) is 11.3 Å². The number of hydrogen-bond donors (Lipinski definition) is 1. The highest BCUT2D eigenvalue weighted by Crippen LogP contribution is 2.21. The standard InChI is InChI=1S/C16H25N3O2/c1-13-11-17-16(20)6-9-19(13)14-4-7-18(8-5-14)12-15-3-2-10-21-15/h2-3,10,13-14H,4-9,11-12H2,1H3,(H,17,20). The maximum Gasteiger partial charge on any atom is 0.221 e. The fourth-order valence-corrected chi connectivity index (χ4v) is 3.49. The van der Waals surface area contributed by atoms with Crippen LogP contribution in [0.5, 0.6) is 0 Å². The van der Waals surface area contributed by atoms with Crippen molar-refractivity contribution in [2.75, 3.05) is 26.2 Å². The van der Waals surface area contributed by atoms with E-state index < -0.39 is 0 Å². The Hall–Kier alpha value is -1.33. The molecule has 1 unspecified atom stereocenters. The molecule has 1 aromatic heterocycles. The number of carbonyl (C=O) groups excluding carboxylic acids is 1. The van der Waals surface area contributed by atoms with Crippen LogP contribution in [0.3, 0.4) is 0 Å². The smallest absolute Gasteiger partial charge is 0.221 e. The molecular weight excluding hydrogens is 266 g/mol. The molecule has 0 aromatic carbocycles. The first-order valence-corrected chi connectivity index (χ1v) is 7.99. The molecule has 1 aromatic rings. The van der Waals surface area contributed by atoms with Crippen LogP contribution in [-0.4, -0.2) is 54.0 Å². The van der Waals surface area contributed by atoms with Gasteiger partial charge in [-0.2, -0.15) is 0 Å². The van der Waals surface area contributed by atoms with Crippen LogP contribution in [0.4, 0.5) is 0 Å². The van der Waals surface area contributed by atoms with E-state index in [1.54, 1.807) is 6.26 Å². The molecule has 0 spiro atoms. The minimum atomic E-state index is 0.194. The van der Waals surface area contributed by atoms with Crippen molar-refractivity contribution in [2.24, 2.45) is 0 Å².